The molecule has 6 heteroatoms. The number of hydrogen-bond acceptors (Lipinski definition) is 5. The minimum atomic E-state index is -2.29. The maximum absolute atomic E-state index is 11.0. The Labute approximate surface area is 98.4 Å². The molecule has 0 heterocycles. The molecular weight excluding hydrogens is 232 g/mol. The quantitative estimate of drug-likeness (QED) is 0.659. The molecule has 16 heavy (non-hydrogen) atoms. The van der Waals surface area contributed by atoms with Crippen molar-refractivity contribution in [2.24, 2.45) is 0 Å². The van der Waals surface area contributed by atoms with E-state index >= 15 is 0 Å². The molecule has 0 N–H and O–H groups in total. The van der Waals surface area contributed by atoms with E-state index in [2.05, 4.69) is 8.37 Å². The fourth-order valence-electron chi connectivity index (χ4n) is 0.894. The number of unbranched alkanes of at least 4 members (excludes halogenated alkanes) is 2. The van der Waals surface area contributed by atoms with Gasteiger partial charge >= 0.3 is 23.3 Å². The van der Waals surface area contributed by atoms with Crippen LogP contribution in [-0.4, -0.2) is 16.1 Å². The van der Waals surface area contributed by atoms with Crippen LogP contribution in [0, 0.1) is 0 Å². The Balaban J connectivity index is 3.72. The van der Waals surface area contributed by atoms with Gasteiger partial charge in [0.05, 0.1) is 0 Å². The molecule has 0 aromatic carbocycles. The zero-order valence-electron chi connectivity index (χ0n) is 9.69. The van der Waals surface area contributed by atoms with Crippen LogP contribution in [0.15, 0.2) is 0 Å². The SMILES string of the molecule is CCCCC(=O)OS(=O)OC(=O)CCCC. The summed E-state index contributed by atoms with van der Waals surface area (Å²) in [4.78, 5) is 22.0. The Hall–Kier alpha value is -0.910. The van der Waals surface area contributed by atoms with Crippen molar-refractivity contribution in [1.29, 1.82) is 0 Å². The second-order valence-corrected chi connectivity index (χ2v) is 4.06. The van der Waals surface area contributed by atoms with E-state index in [0.717, 1.165) is 12.8 Å². The van der Waals surface area contributed by atoms with Crippen LogP contribution < -0.4 is 0 Å². The predicted octanol–water partition coefficient (Wildman–Crippen LogP) is 2.03. The maximum Gasteiger partial charge on any atom is 0.422 e. The minimum Gasteiger partial charge on any atom is -0.334 e. The second-order valence-electron chi connectivity index (χ2n) is 3.32. The molecule has 0 fully saturated rings. The molecule has 94 valence electrons. The van der Waals surface area contributed by atoms with Crippen molar-refractivity contribution in [3.63, 3.8) is 0 Å². The number of hydrogen-bond donors (Lipinski definition) is 0. The zero-order chi connectivity index (χ0) is 12.4. The lowest BCUT2D eigenvalue weighted by molar-refractivity contribution is -0.137. The van der Waals surface area contributed by atoms with Crippen molar-refractivity contribution in [2.75, 3.05) is 0 Å². The van der Waals surface area contributed by atoms with Gasteiger partial charge in [0.25, 0.3) is 0 Å². The van der Waals surface area contributed by atoms with Crippen LogP contribution in [0.25, 0.3) is 0 Å². The van der Waals surface area contributed by atoms with Crippen molar-refractivity contribution >= 4 is 23.3 Å². The van der Waals surface area contributed by atoms with Gasteiger partial charge in [-0.1, -0.05) is 26.7 Å². The molecule has 5 nitrogen and oxygen atoms in total. The molecular formula is C10H18O5S. The van der Waals surface area contributed by atoms with E-state index in [-0.39, 0.29) is 12.8 Å². The van der Waals surface area contributed by atoms with E-state index in [1.165, 1.54) is 0 Å². The zero-order valence-corrected chi connectivity index (χ0v) is 10.5. The largest absolute Gasteiger partial charge is 0.422 e. The lowest BCUT2D eigenvalue weighted by Crippen LogP contribution is -2.13. The van der Waals surface area contributed by atoms with Gasteiger partial charge in [-0.2, -0.15) is 4.21 Å². The smallest absolute Gasteiger partial charge is 0.334 e. The van der Waals surface area contributed by atoms with Crippen LogP contribution in [0.1, 0.15) is 52.4 Å². The van der Waals surface area contributed by atoms with Gasteiger partial charge < -0.3 is 8.37 Å². The van der Waals surface area contributed by atoms with Crippen LogP contribution in [-0.2, 0) is 29.3 Å². The summed E-state index contributed by atoms with van der Waals surface area (Å²) in [6.07, 6.45) is 3.40. The van der Waals surface area contributed by atoms with Crippen LogP contribution >= 0.6 is 0 Å². The topological polar surface area (TPSA) is 69.7 Å². The third-order valence-corrected chi connectivity index (χ3v) is 2.43. The molecule has 0 saturated heterocycles. The first-order chi connectivity index (χ1) is 7.60. The molecule has 0 aromatic rings. The molecule has 0 unspecified atom stereocenters. The van der Waals surface area contributed by atoms with E-state index in [4.69, 9.17) is 0 Å². The van der Waals surface area contributed by atoms with Gasteiger partial charge in [-0.25, -0.2) is 0 Å². The number of rotatable bonds is 8. The summed E-state index contributed by atoms with van der Waals surface area (Å²) in [5.74, 6) is -1.22. The normalized spacial score (nSPS) is 10.2. The van der Waals surface area contributed by atoms with Gasteiger partial charge in [-0.3, -0.25) is 9.59 Å². The first-order valence-corrected chi connectivity index (χ1v) is 6.44. The predicted molar refractivity (Wildman–Crippen MR) is 59.4 cm³/mol. The van der Waals surface area contributed by atoms with Crippen LogP contribution in [0.2, 0.25) is 0 Å². The first-order valence-electron chi connectivity index (χ1n) is 5.44. The van der Waals surface area contributed by atoms with Gasteiger partial charge in [0.15, 0.2) is 0 Å². The maximum atomic E-state index is 11.0. The molecule has 0 rings (SSSR count). The number of carbonyl (C=O) groups is 2. The highest BCUT2D eigenvalue weighted by Crippen LogP contribution is 2.02. The average molecular weight is 250 g/mol. The Morgan fingerprint density at radius 2 is 1.31 bits per heavy atom. The Morgan fingerprint density at radius 1 is 0.938 bits per heavy atom. The Morgan fingerprint density at radius 3 is 1.62 bits per heavy atom. The molecule has 0 spiro atoms. The summed E-state index contributed by atoms with van der Waals surface area (Å²) < 4.78 is 19.8. The minimum absolute atomic E-state index is 0.189. The summed E-state index contributed by atoms with van der Waals surface area (Å²) in [6, 6.07) is 0. The lowest BCUT2D eigenvalue weighted by atomic mass is 10.3. The highest BCUT2D eigenvalue weighted by Gasteiger charge is 2.13. The molecule has 0 aliphatic heterocycles. The van der Waals surface area contributed by atoms with E-state index in [1.54, 1.807) is 0 Å². The van der Waals surface area contributed by atoms with E-state index in [1.807, 2.05) is 13.8 Å². The first kappa shape index (κ1) is 15.1. The lowest BCUT2D eigenvalue weighted by Gasteiger charge is -2.02. The van der Waals surface area contributed by atoms with Gasteiger partial charge in [0, 0.05) is 12.8 Å². The van der Waals surface area contributed by atoms with Crippen molar-refractivity contribution in [3.8, 4) is 0 Å². The number of carbonyl (C=O) groups excluding carboxylic acids is 2. The van der Waals surface area contributed by atoms with Crippen molar-refractivity contribution in [1.82, 2.24) is 0 Å². The fourth-order valence-corrected chi connectivity index (χ4v) is 1.40. The third-order valence-electron chi connectivity index (χ3n) is 1.79. The molecule has 0 amide bonds. The summed E-state index contributed by atoms with van der Waals surface area (Å²) >= 11 is -2.29. The van der Waals surface area contributed by atoms with Crippen LogP contribution in [0.4, 0.5) is 0 Å². The van der Waals surface area contributed by atoms with Crippen molar-refractivity contribution in [2.45, 2.75) is 52.4 Å². The van der Waals surface area contributed by atoms with E-state index in [0.29, 0.717) is 12.8 Å². The van der Waals surface area contributed by atoms with Crippen molar-refractivity contribution in [3.05, 3.63) is 0 Å². The second kappa shape index (κ2) is 9.33. The Kier molecular flexibility index (Phi) is 8.80. The average Bonchev–Trinajstić information content (AvgIpc) is 2.23. The molecule has 0 aliphatic rings. The molecule has 0 aliphatic carbocycles. The van der Waals surface area contributed by atoms with E-state index < -0.39 is 23.3 Å². The molecule has 0 aromatic heterocycles. The molecule has 0 radical (unpaired) electrons. The molecule has 0 atom stereocenters. The third kappa shape index (κ3) is 8.40. The fraction of sp³-hybridized carbons (Fsp3) is 0.800. The monoisotopic (exact) mass is 250 g/mol. The van der Waals surface area contributed by atoms with Gasteiger partial charge in [0.1, 0.15) is 0 Å². The van der Waals surface area contributed by atoms with E-state index in [9.17, 15) is 13.8 Å². The molecule has 0 saturated carbocycles. The van der Waals surface area contributed by atoms with Gasteiger partial charge in [0.2, 0.25) is 0 Å². The van der Waals surface area contributed by atoms with Gasteiger partial charge in [-0.15, -0.1) is 0 Å². The Bertz CT molecular complexity index is 228. The summed E-state index contributed by atoms with van der Waals surface area (Å²) in [7, 11) is 0. The summed E-state index contributed by atoms with van der Waals surface area (Å²) in [6.45, 7) is 3.85. The highest BCUT2D eigenvalue weighted by molar-refractivity contribution is 7.76. The highest BCUT2D eigenvalue weighted by atomic mass is 32.2. The van der Waals surface area contributed by atoms with Crippen LogP contribution in [0.3, 0.4) is 0 Å². The van der Waals surface area contributed by atoms with Crippen molar-refractivity contribution < 1.29 is 22.2 Å². The summed E-state index contributed by atoms with van der Waals surface area (Å²) in [5.41, 5.74) is 0. The molecule has 0 bridgehead atoms. The standard InChI is InChI=1S/C10H18O5S/c1-3-5-7-9(11)14-16(13)15-10(12)8-6-4-2/h3-8H2,1-2H3. The van der Waals surface area contributed by atoms with Gasteiger partial charge in [-0.05, 0) is 12.8 Å². The van der Waals surface area contributed by atoms with Crippen LogP contribution in [0.5, 0.6) is 0 Å². The summed E-state index contributed by atoms with van der Waals surface area (Å²) in [5, 5.41) is 0.